The first-order valence-electron chi connectivity index (χ1n) is 7.09. The Kier molecular flexibility index (Phi) is 4.47. The van der Waals surface area contributed by atoms with Crippen molar-refractivity contribution < 1.29 is 9.53 Å². The lowest BCUT2D eigenvalue weighted by molar-refractivity contribution is -0.129. The minimum atomic E-state index is -0.420. The maximum absolute atomic E-state index is 12.0. The maximum atomic E-state index is 12.0. The molecule has 0 aliphatic carbocycles. The molecule has 0 bridgehead atoms. The Morgan fingerprint density at radius 1 is 1.09 bits per heavy atom. The molecule has 5 heteroatoms. The van der Waals surface area contributed by atoms with Crippen molar-refractivity contribution in [3.05, 3.63) is 68.9 Å². The first kappa shape index (κ1) is 15.7. The molecule has 1 aliphatic rings. The fraction of sp³-hybridized carbons (Fsp3) is 0.111. The van der Waals surface area contributed by atoms with Crippen LogP contribution in [0.3, 0.4) is 0 Å². The first-order chi connectivity index (χ1) is 11.0. The summed E-state index contributed by atoms with van der Waals surface area (Å²) in [7, 11) is 3.97. The highest BCUT2D eigenvalue weighted by Crippen LogP contribution is 2.22. The summed E-state index contributed by atoms with van der Waals surface area (Å²) < 4.78 is 6.30. The lowest BCUT2D eigenvalue weighted by atomic mass is 10.1. The molecule has 0 N–H and O–H groups in total. The number of anilines is 1. The van der Waals surface area contributed by atoms with Crippen LogP contribution in [-0.2, 0) is 9.53 Å². The number of esters is 1. The number of hydrogen-bond acceptors (Lipinski definition) is 4. The Morgan fingerprint density at radius 2 is 1.78 bits per heavy atom. The van der Waals surface area contributed by atoms with E-state index >= 15 is 0 Å². The highest BCUT2D eigenvalue weighted by molar-refractivity contribution is 14.1. The van der Waals surface area contributed by atoms with Gasteiger partial charge in [-0.15, -0.1) is 0 Å². The minimum absolute atomic E-state index is 0.317. The van der Waals surface area contributed by atoms with Crippen LogP contribution in [0, 0.1) is 3.57 Å². The molecule has 0 fully saturated rings. The quantitative estimate of drug-likeness (QED) is 0.434. The topological polar surface area (TPSA) is 41.9 Å². The van der Waals surface area contributed by atoms with Gasteiger partial charge in [-0.05, 0) is 58.5 Å². The van der Waals surface area contributed by atoms with Crippen molar-refractivity contribution >= 4 is 46.2 Å². The molecule has 2 aromatic carbocycles. The summed E-state index contributed by atoms with van der Waals surface area (Å²) in [5.74, 6) is -0.0625. The lowest BCUT2D eigenvalue weighted by Crippen LogP contribution is -2.08. The minimum Gasteiger partial charge on any atom is -0.402 e. The van der Waals surface area contributed by atoms with Crippen LogP contribution >= 0.6 is 22.6 Å². The number of carbonyl (C=O) groups is 1. The van der Waals surface area contributed by atoms with E-state index in [1.807, 2.05) is 67.5 Å². The van der Waals surface area contributed by atoms with Crippen molar-refractivity contribution in [3.8, 4) is 0 Å². The van der Waals surface area contributed by atoms with Crippen molar-refractivity contribution in [2.24, 2.45) is 4.99 Å². The Bertz CT molecular complexity index is 808. The number of benzene rings is 2. The molecule has 0 amide bonds. The van der Waals surface area contributed by atoms with Gasteiger partial charge in [-0.2, -0.15) is 0 Å². The second kappa shape index (κ2) is 6.54. The van der Waals surface area contributed by atoms with Crippen molar-refractivity contribution in [1.82, 2.24) is 0 Å². The van der Waals surface area contributed by atoms with Crippen LogP contribution in [0.1, 0.15) is 11.1 Å². The van der Waals surface area contributed by atoms with Crippen LogP contribution < -0.4 is 4.90 Å². The molecule has 0 atom stereocenters. The number of cyclic esters (lactones) is 1. The highest BCUT2D eigenvalue weighted by atomic mass is 127. The zero-order valence-electron chi connectivity index (χ0n) is 12.8. The number of hydrogen-bond donors (Lipinski definition) is 0. The summed E-state index contributed by atoms with van der Waals surface area (Å²) in [4.78, 5) is 18.4. The molecule has 0 aromatic heterocycles. The normalized spacial score (nSPS) is 15.5. The summed E-state index contributed by atoms with van der Waals surface area (Å²) >= 11 is 2.20. The molecule has 116 valence electrons. The summed E-state index contributed by atoms with van der Waals surface area (Å²) in [6, 6.07) is 15.6. The van der Waals surface area contributed by atoms with Gasteiger partial charge in [-0.25, -0.2) is 9.79 Å². The van der Waals surface area contributed by atoms with Gasteiger partial charge in [0.2, 0.25) is 5.90 Å². The third-order valence-electron chi connectivity index (χ3n) is 3.44. The monoisotopic (exact) mass is 418 g/mol. The number of aliphatic imine (C=N–C) groups is 1. The van der Waals surface area contributed by atoms with E-state index in [1.165, 1.54) is 0 Å². The zero-order valence-corrected chi connectivity index (χ0v) is 14.9. The van der Waals surface area contributed by atoms with Crippen molar-refractivity contribution in [2.75, 3.05) is 19.0 Å². The SMILES string of the molecule is CN(C)c1ccc(/C=C2/N=C(c3ccccc3I)OC2=O)cc1. The summed E-state index contributed by atoms with van der Waals surface area (Å²) in [5.41, 5.74) is 3.16. The van der Waals surface area contributed by atoms with Gasteiger partial charge in [0.1, 0.15) is 0 Å². The smallest absolute Gasteiger partial charge is 0.363 e. The van der Waals surface area contributed by atoms with Gasteiger partial charge in [0.25, 0.3) is 0 Å². The second-order valence-corrected chi connectivity index (χ2v) is 6.46. The number of carbonyl (C=O) groups excluding carboxylic acids is 1. The standard InChI is InChI=1S/C18H15IN2O2/c1-21(2)13-9-7-12(8-10-13)11-16-18(22)23-17(20-16)14-5-3-4-6-15(14)19/h3-11H,1-2H3/b16-11+. The predicted molar refractivity (Wildman–Crippen MR) is 101 cm³/mol. The Morgan fingerprint density at radius 3 is 2.43 bits per heavy atom. The predicted octanol–water partition coefficient (Wildman–Crippen LogP) is 3.70. The molecule has 0 unspecified atom stereocenters. The van der Waals surface area contributed by atoms with E-state index in [0.717, 1.165) is 20.4 Å². The van der Waals surface area contributed by atoms with Crippen LogP contribution in [0.25, 0.3) is 6.08 Å². The largest absolute Gasteiger partial charge is 0.402 e. The molecule has 0 saturated carbocycles. The van der Waals surface area contributed by atoms with Crippen LogP contribution in [0.5, 0.6) is 0 Å². The molecule has 3 rings (SSSR count). The molecule has 0 saturated heterocycles. The van der Waals surface area contributed by atoms with Gasteiger partial charge in [0, 0.05) is 23.4 Å². The molecule has 1 heterocycles. The van der Waals surface area contributed by atoms with Crippen LogP contribution in [0.15, 0.2) is 59.2 Å². The van der Waals surface area contributed by atoms with Gasteiger partial charge in [0.15, 0.2) is 5.70 Å². The van der Waals surface area contributed by atoms with E-state index in [1.54, 1.807) is 6.08 Å². The van der Waals surface area contributed by atoms with Crippen LogP contribution in [0.2, 0.25) is 0 Å². The Labute approximate surface area is 148 Å². The second-order valence-electron chi connectivity index (χ2n) is 5.30. The summed E-state index contributed by atoms with van der Waals surface area (Å²) in [5, 5.41) is 0. The van der Waals surface area contributed by atoms with Crippen molar-refractivity contribution in [3.63, 3.8) is 0 Å². The third-order valence-corrected chi connectivity index (χ3v) is 4.38. The first-order valence-corrected chi connectivity index (χ1v) is 8.17. The van der Waals surface area contributed by atoms with Crippen molar-refractivity contribution in [2.45, 2.75) is 0 Å². The fourth-order valence-electron chi connectivity index (χ4n) is 2.19. The van der Waals surface area contributed by atoms with Crippen molar-refractivity contribution in [1.29, 1.82) is 0 Å². The summed E-state index contributed by atoms with van der Waals surface area (Å²) in [6.07, 6.45) is 1.74. The number of halogens is 1. The average Bonchev–Trinajstić information content (AvgIpc) is 2.89. The molecule has 0 radical (unpaired) electrons. The third kappa shape index (κ3) is 3.44. The maximum Gasteiger partial charge on any atom is 0.363 e. The molecule has 1 aliphatic heterocycles. The average molecular weight is 418 g/mol. The van der Waals surface area contributed by atoms with E-state index in [-0.39, 0.29) is 0 Å². The summed E-state index contributed by atoms with van der Waals surface area (Å²) in [6.45, 7) is 0. The molecular weight excluding hydrogens is 403 g/mol. The van der Waals surface area contributed by atoms with Gasteiger partial charge in [-0.1, -0.05) is 24.3 Å². The Hall–Kier alpha value is -2.15. The van der Waals surface area contributed by atoms with E-state index in [0.29, 0.717) is 11.6 Å². The molecule has 23 heavy (non-hydrogen) atoms. The molecule has 2 aromatic rings. The fourth-order valence-corrected chi connectivity index (χ4v) is 2.80. The Balaban J connectivity index is 1.90. The lowest BCUT2D eigenvalue weighted by Gasteiger charge is -2.11. The van der Waals surface area contributed by atoms with E-state index in [4.69, 9.17) is 4.74 Å². The zero-order chi connectivity index (χ0) is 16.4. The number of nitrogens with zero attached hydrogens (tertiary/aromatic N) is 2. The van der Waals surface area contributed by atoms with E-state index in [2.05, 4.69) is 27.6 Å². The van der Waals surface area contributed by atoms with E-state index < -0.39 is 5.97 Å². The van der Waals surface area contributed by atoms with Gasteiger partial charge < -0.3 is 9.64 Å². The van der Waals surface area contributed by atoms with Crippen LogP contribution in [0.4, 0.5) is 5.69 Å². The molecular formula is C18H15IN2O2. The van der Waals surface area contributed by atoms with E-state index in [9.17, 15) is 4.79 Å². The molecule has 0 spiro atoms. The van der Waals surface area contributed by atoms with Gasteiger partial charge in [0.05, 0.1) is 5.56 Å². The van der Waals surface area contributed by atoms with Gasteiger partial charge in [-0.3, -0.25) is 0 Å². The van der Waals surface area contributed by atoms with Gasteiger partial charge >= 0.3 is 5.97 Å². The van der Waals surface area contributed by atoms with Crippen LogP contribution in [-0.4, -0.2) is 26.0 Å². The molecule has 4 nitrogen and oxygen atoms in total. The number of ether oxygens (including phenoxy) is 1. The highest BCUT2D eigenvalue weighted by Gasteiger charge is 2.25. The number of rotatable bonds is 3.